The van der Waals surface area contributed by atoms with Crippen LogP contribution in [0.3, 0.4) is 0 Å². The van der Waals surface area contributed by atoms with Gasteiger partial charge in [-0.05, 0) is 31.6 Å². The van der Waals surface area contributed by atoms with Crippen LogP contribution in [0, 0.1) is 11.3 Å². The number of hydrogen-bond donors (Lipinski definition) is 0. The van der Waals surface area contributed by atoms with E-state index in [0.29, 0.717) is 11.5 Å². The molecule has 0 aromatic carbocycles. The molecule has 0 aromatic heterocycles. The van der Waals surface area contributed by atoms with Crippen molar-refractivity contribution in [3.63, 3.8) is 0 Å². The Labute approximate surface area is 108 Å². The zero-order valence-corrected chi connectivity index (χ0v) is 12.8. The van der Waals surface area contributed by atoms with Crippen LogP contribution in [-0.2, 0) is 0 Å². The smallest absolute Gasteiger partial charge is 0.0113 e. The standard InChI is InChI=1S/C15H32N2/c1-13(2)11-15(5,6)12-16-7-9-17(10-8-16)14(3)4/h13-14H,7-12H2,1-6H3. The van der Waals surface area contributed by atoms with Gasteiger partial charge in [0.25, 0.3) is 0 Å². The normalized spacial score (nSPS) is 20.5. The molecule has 0 radical (unpaired) electrons. The van der Waals surface area contributed by atoms with Gasteiger partial charge in [0.1, 0.15) is 0 Å². The second-order valence-electron chi connectivity index (χ2n) is 7.17. The lowest BCUT2D eigenvalue weighted by Gasteiger charge is -2.40. The molecular formula is C15H32N2. The Bertz CT molecular complexity index is 213. The minimum atomic E-state index is 0.466. The first-order valence-electron chi connectivity index (χ1n) is 7.26. The van der Waals surface area contributed by atoms with E-state index in [1.54, 1.807) is 0 Å². The summed E-state index contributed by atoms with van der Waals surface area (Å²) in [6, 6.07) is 0.709. The van der Waals surface area contributed by atoms with Crippen molar-refractivity contribution in [3.8, 4) is 0 Å². The third-order valence-electron chi connectivity index (χ3n) is 3.75. The van der Waals surface area contributed by atoms with Crippen molar-refractivity contribution < 1.29 is 0 Å². The van der Waals surface area contributed by atoms with E-state index in [-0.39, 0.29) is 0 Å². The fourth-order valence-electron chi connectivity index (χ4n) is 3.21. The highest BCUT2D eigenvalue weighted by Crippen LogP contribution is 2.26. The lowest BCUT2D eigenvalue weighted by Crippen LogP contribution is -2.51. The van der Waals surface area contributed by atoms with E-state index in [1.807, 2.05) is 0 Å². The van der Waals surface area contributed by atoms with E-state index in [2.05, 4.69) is 51.3 Å². The van der Waals surface area contributed by atoms with Crippen molar-refractivity contribution in [2.45, 2.75) is 54.0 Å². The fraction of sp³-hybridized carbons (Fsp3) is 1.00. The van der Waals surface area contributed by atoms with Gasteiger partial charge in [-0.3, -0.25) is 4.90 Å². The average Bonchev–Trinajstić information content (AvgIpc) is 2.15. The Kier molecular flexibility index (Phi) is 5.46. The summed E-state index contributed by atoms with van der Waals surface area (Å²) in [6.45, 7) is 20.4. The van der Waals surface area contributed by atoms with Crippen LogP contribution in [0.2, 0.25) is 0 Å². The summed E-state index contributed by atoms with van der Waals surface area (Å²) >= 11 is 0. The highest BCUT2D eigenvalue weighted by atomic mass is 15.3. The van der Waals surface area contributed by atoms with E-state index < -0.39 is 0 Å². The van der Waals surface area contributed by atoms with Gasteiger partial charge in [-0.25, -0.2) is 0 Å². The Balaban J connectivity index is 2.34. The molecule has 1 heterocycles. The SMILES string of the molecule is CC(C)CC(C)(C)CN1CCN(C(C)C)CC1. The summed E-state index contributed by atoms with van der Waals surface area (Å²) in [6.07, 6.45) is 1.33. The minimum absolute atomic E-state index is 0.466. The molecule has 2 heteroatoms. The lowest BCUT2D eigenvalue weighted by atomic mass is 9.83. The van der Waals surface area contributed by atoms with Crippen molar-refractivity contribution in [2.24, 2.45) is 11.3 Å². The molecule has 0 atom stereocenters. The third kappa shape index (κ3) is 5.39. The van der Waals surface area contributed by atoms with Crippen LogP contribution in [0.5, 0.6) is 0 Å². The number of rotatable bonds is 5. The molecule has 1 rings (SSSR count). The van der Waals surface area contributed by atoms with Crippen LogP contribution >= 0.6 is 0 Å². The van der Waals surface area contributed by atoms with Gasteiger partial charge in [0.2, 0.25) is 0 Å². The van der Waals surface area contributed by atoms with Gasteiger partial charge < -0.3 is 4.90 Å². The molecule has 1 fully saturated rings. The van der Waals surface area contributed by atoms with Crippen LogP contribution in [0.4, 0.5) is 0 Å². The highest BCUT2D eigenvalue weighted by Gasteiger charge is 2.26. The number of nitrogens with zero attached hydrogens (tertiary/aromatic N) is 2. The summed E-state index contributed by atoms with van der Waals surface area (Å²) < 4.78 is 0. The van der Waals surface area contributed by atoms with Crippen molar-refractivity contribution >= 4 is 0 Å². The van der Waals surface area contributed by atoms with E-state index in [9.17, 15) is 0 Å². The molecule has 0 N–H and O–H groups in total. The molecule has 0 unspecified atom stereocenters. The van der Waals surface area contributed by atoms with Crippen LogP contribution in [0.15, 0.2) is 0 Å². The van der Waals surface area contributed by atoms with Crippen LogP contribution in [-0.4, -0.2) is 48.6 Å². The maximum Gasteiger partial charge on any atom is 0.0113 e. The molecule has 0 saturated carbocycles. The molecule has 0 spiro atoms. The predicted molar refractivity (Wildman–Crippen MR) is 76.4 cm³/mol. The molecular weight excluding hydrogens is 208 g/mol. The second-order valence-corrected chi connectivity index (χ2v) is 7.17. The Morgan fingerprint density at radius 1 is 0.941 bits per heavy atom. The van der Waals surface area contributed by atoms with Gasteiger partial charge in [-0.2, -0.15) is 0 Å². The molecule has 1 saturated heterocycles. The third-order valence-corrected chi connectivity index (χ3v) is 3.75. The maximum absolute atomic E-state index is 2.65. The van der Waals surface area contributed by atoms with Crippen LogP contribution in [0.25, 0.3) is 0 Å². The van der Waals surface area contributed by atoms with Gasteiger partial charge >= 0.3 is 0 Å². The van der Waals surface area contributed by atoms with Gasteiger partial charge in [0, 0.05) is 38.8 Å². The van der Waals surface area contributed by atoms with Gasteiger partial charge in [0.05, 0.1) is 0 Å². The van der Waals surface area contributed by atoms with Crippen molar-refractivity contribution in [1.82, 2.24) is 9.80 Å². The molecule has 0 bridgehead atoms. The largest absolute Gasteiger partial charge is 0.300 e. The van der Waals surface area contributed by atoms with Crippen molar-refractivity contribution in [1.29, 1.82) is 0 Å². The molecule has 17 heavy (non-hydrogen) atoms. The Hall–Kier alpha value is -0.0800. The first-order chi connectivity index (χ1) is 7.80. The van der Waals surface area contributed by atoms with E-state index in [0.717, 1.165) is 5.92 Å². The highest BCUT2D eigenvalue weighted by molar-refractivity contribution is 4.80. The zero-order chi connectivity index (χ0) is 13.1. The van der Waals surface area contributed by atoms with E-state index in [1.165, 1.54) is 39.1 Å². The molecule has 0 aliphatic carbocycles. The molecule has 0 amide bonds. The monoisotopic (exact) mass is 240 g/mol. The van der Waals surface area contributed by atoms with Gasteiger partial charge in [-0.15, -0.1) is 0 Å². The second kappa shape index (κ2) is 6.19. The Morgan fingerprint density at radius 2 is 1.47 bits per heavy atom. The first-order valence-corrected chi connectivity index (χ1v) is 7.26. The number of piperazine rings is 1. The van der Waals surface area contributed by atoms with Crippen LogP contribution < -0.4 is 0 Å². The molecule has 1 aliphatic heterocycles. The summed E-state index contributed by atoms with van der Waals surface area (Å²) in [7, 11) is 0. The lowest BCUT2D eigenvalue weighted by molar-refractivity contribution is 0.0741. The molecule has 0 aromatic rings. The van der Waals surface area contributed by atoms with E-state index in [4.69, 9.17) is 0 Å². The van der Waals surface area contributed by atoms with E-state index >= 15 is 0 Å². The summed E-state index contributed by atoms with van der Waals surface area (Å²) in [5, 5.41) is 0. The molecule has 1 aliphatic rings. The minimum Gasteiger partial charge on any atom is -0.300 e. The average molecular weight is 240 g/mol. The van der Waals surface area contributed by atoms with Gasteiger partial charge in [0.15, 0.2) is 0 Å². The number of hydrogen-bond acceptors (Lipinski definition) is 2. The predicted octanol–water partition coefficient (Wildman–Crippen LogP) is 3.08. The van der Waals surface area contributed by atoms with Crippen molar-refractivity contribution in [2.75, 3.05) is 32.7 Å². The zero-order valence-electron chi connectivity index (χ0n) is 12.8. The Morgan fingerprint density at radius 3 is 1.88 bits per heavy atom. The molecule has 102 valence electrons. The van der Waals surface area contributed by atoms with Gasteiger partial charge in [-0.1, -0.05) is 27.7 Å². The maximum atomic E-state index is 2.65. The first kappa shape index (κ1) is 15.0. The molecule has 2 nitrogen and oxygen atoms in total. The quantitative estimate of drug-likeness (QED) is 0.728. The fourth-order valence-corrected chi connectivity index (χ4v) is 3.21. The van der Waals surface area contributed by atoms with Crippen LogP contribution in [0.1, 0.15) is 48.0 Å². The topological polar surface area (TPSA) is 6.48 Å². The summed E-state index contributed by atoms with van der Waals surface area (Å²) in [5.74, 6) is 0.807. The summed E-state index contributed by atoms with van der Waals surface area (Å²) in [4.78, 5) is 5.24. The van der Waals surface area contributed by atoms with Crippen molar-refractivity contribution in [3.05, 3.63) is 0 Å². The summed E-state index contributed by atoms with van der Waals surface area (Å²) in [5.41, 5.74) is 0.466.